The Morgan fingerprint density at radius 2 is 0.476 bits per heavy atom. The van der Waals surface area contributed by atoms with Crippen LogP contribution in [0.5, 0.6) is 0 Å². The molecule has 0 rings (SSSR count). The van der Waals surface area contributed by atoms with Crippen LogP contribution in [0.3, 0.4) is 0 Å². The van der Waals surface area contributed by atoms with E-state index in [1.807, 2.05) is 0 Å². The van der Waals surface area contributed by atoms with Gasteiger partial charge in [-0.2, -0.15) is 0 Å². The normalized spacial score (nSPS) is 12.7. The van der Waals surface area contributed by atoms with Crippen molar-refractivity contribution in [1.29, 1.82) is 0 Å². The highest BCUT2D eigenvalue weighted by Crippen LogP contribution is 2.18. The zero-order chi connectivity index (χ0) is 59.2. The molecule has 0 N–H and O–H groups in total. The van der Waals surface area contributed by atoms with Gasteiger partial charge in [0.05, 0.1) is 0 Å². The first-order chi connectivity index (χ1) is 40.5. The third-order valence-electron chi connectivity index (χ3n) is 15.3. The summed E-state index contributed by atoms with van der Waals surface area (Å²) in [5.74, 6) is -0.897. The van der Waals surface area contributed by atoms with Gasteiger partial charge < -0.3 is 14.2 Å². The predicted octanol–water partition coefficient (Wildman–Crippen LogP) is 24.4. The van der Waals surface area contributed by atoms with Crippen molar-refractivity contribution in [2.45, 2.75) is 354 Å². The van der Waals surface area contributed by atoms with E-state index in [0.717, 1.165) is 128 Å². The van der Waals surface area contributed by atoms with Gasteiger partial charge in [-0.15, -0.1) is 0 Å². The molecule has 0 bridgehead atoms. The summed E-state index contributed by atoms with van der Waals surface area (Å²) in [6.07, 6.45) is 94.3. The zero-order valence-electron chi connectivity index (χ0n) is 54.2. The van der Waals surface area contributed by atoms with Crippen LogP contribution in [0.15, 0.2) is 97.2 Å². The SMILES string of the molecule is CC/C=C\C/C=C\C/C=C\C/C=C\C/C=C\C/C=C\CCCCCCCCC(=O)OCC(COC(=O)CCCCCCC/C=C\C/C=C\CCCCC)OC(=O)CCCCCCCCCCCCCCCCCCCCCCCCCC. The molecule has 82 heavy (non-hydrogen) atoms. The largest absolute Gasteiger partial charge is 0.462 e. The molecule has 0 saturated heterocycles. The van der Waals surface area contributed by atoms with Crippen LogP contribution in [0.25, 0.3) is 0 Å². The highest BCUT2D eigenvalue weighted by atomic mass is 16.6. The number of rotatable bonds is 64. The molecule has 0 aromatic heterocycles. The van der Waals surface area contributed by atoms with Crippen LogP contribution in [-0.2, 0) is 28.6 Å². The van der Waals surface area contributed by atoms with Crippen LogP contribution >= 0.6 is 0 Å². The summed E-state index contributed by atoms with van der Waals surface area (Å²) in [5, 5.41) is 0. The minimum Gasteiger partial charge on any atom is -0.462 e. The Labute approximate surface area is 508 Å². The summed E-state index contributed by atoms with van der Waals surface area (Å²) in [6, 6.07) is 0. The van der Waals surface area contributed by atoms with E-state index in [9.17, 15) is 14.4 Å². The number of carbonyl (C=O) groups excluding carboxylic acids is 3. The molecule has 0 fully saturated rings. The van der Waals surface area contributed by atoms with Crippen LogP contribution in [-0.4, -0.2) is 37.2 Å². The lowest BCUT2D eigenvalue weighted by Crippen LogP contribution is -2.30. The lowest BCUT2D eigenvalue weighted by molar-refractivity contribution is -0.167. The second-order valence-corrected chi connectivity index (χ2v) is 23.4. The summed E-state index contributed by atoms with van der Waals surface area (Å²) >= 11 is 0. The van der Waals surface area contributed by atoms with Gasteiger partial charge in [-0.05, 0) is 103 Å². The molecule has 0 spiro atoms. The molecule has 472 valence electrons. The lowest BCUT2D eigenvalue weighted by atomic mass is 10.0. The van der Waals surface area contributed by atoms with Crippen LogP contribution < -0.4 is 0 Å². The Hall–Kier alpha value is -3.67. The highest BCUT2D eigenvalue weighted by molar-refractivity contribution is 5.71. The van der Waals surface area contributed by atoms with E-state index in [1.54, 1.807) is 0 Å². The molecule has 6 nitrogen and oxygen atoms in total. The standard InChI is InChI=1S/C76H132O6/c1-4-7-10-13-16-19-22-25-28-30-32-34-36-38-40-41-43-45-48-51-54-57-60-63-66-69-75(78)81-72-73(71-80-74(77)68-65-62-59-56-53-50-47-27-24-21-18-15-12-9-6-3)82-76(79)70-67-64-61-58-55-52-49-46-44-42-39-37-35-33-31-29-26-23-20-17-14-11-8-5-2/h7,10,16,18-19,21,25,27-28,32,34,38,40,43,45,47,73H,4-6,8-9,11-15,17,20,22-24,26,29-31,33,35-37,39,41-42,44,46,48-72H2,1-3H3/b10-7-,19-16-,21-18-,28-25-,34-32-,40-38-,45-43-,47-27-. The fourth-order valence-corrected chi connectivity index (χ4v) is 10.1. The fraction of sp³-hybridized carbons (Fsp3) is 0.750. The lowest BCUT2D eigenvalue weighted by Gasteiger charge is -2.18. The first-order valence-electron chi connectivity index (χ1n) is 35.2. The minimum atomic E-state index is -0.791. The van der Waals surface area contributed by atoms with E-state index >= 15 is 0 Å². The van der Waals surface area contributed by atoms with E-state index in [2.05, 4.69) is 118 Å². The van der Waals surface area contributed by atoms with Gasteiger partial charge in [0.2, 0.25) is 0 Å². The third-order valence-corrected chi connectivity index (χ3v) is 15.3. The van der Waals surface area contributed by atoms with Gasteiger partial charge in [0.25, 0.3) is 0 Å². The summed E-state index contributed by atoms with van der Waals surface area (Å²) in [7, 11) is 0. The quantitative estimate of drug-likeness (QED) is 0.0261. The Kier molecular flexibility index (Phi) is 66.7. The van der Waals surface area contributed by atoms with Gasteiger partial charge >= 0.3 is 17.9 Å². The van der Waals surface area contributed by atoms with Crippen molar-refractivity contribution in [1.82, 2.24) is 0 Å². The van der Waals surface area contributed by atoms with Crippen molar-refractivity contribution < 1.29 is 28.6 Å². The zero-order valence-corrected chi connectivity index (χ0v) is 54.2. The van der Waals surface area contributed by atoms with Gasteiger partial charge in [0.15, 0.2) is 6.10 Å². The molecule has 6 heteroatoms. The molecule has 1 atom stereocenters. The number of allylic oxidation sites excluding steroid dienone is 16. The first kappa shape index (κ1) is 78.3. The topological polar surface area (TPSA) is 78.9 Å². The Bertz CT molecular complexity index is 1590. The monoisotopic (exact) mass is 1140 g/mol. The van der Waals surface area contributed by atoms with Gasteiger partial charge in [-0.1, -0.05) is 323 Å². The Morgan fingerprint density at radius 3 is 0.768 bits per heavy atom. The number of unbranched alkanes of at least 4 members (excludes halogenated alkanes) is 37. The molecule has 0 aromatic rings. The minimum absolute atomic E-state index is 0.0872. The maximum Gasteiger partial charge on any atom is 0.306 e. The smallest absolute Gasteiger partial charge is 0.306 e. The number of hydrogen-bond acceptors (Lipinski definition) is 6. The van der Waals surface area contributed by atoms with Crippen molar-refractivity contribution in [3.05, 3.63) is 97.2 Å². The molecule has 0 aliphatic heterocycles. The van der Waals surface area contributed by atoms with Crippen molar-refractivity contribution in [2.24, 2.45) is 0 Å². The summed E-state index contributed by atoms with van der Waals surface area (Å²) in [6.45, 7) is 6.52. The van der Waals surface area contributed by atoms with E-state index in [4.69, 9.17) is 14.2 Å². The predicted molar refractivity (Wildman–Crippen MR) is 357 cm³/mol. The van der Waals surface area contributed by atoms with Gasteiger partial charge in [0, 0.05) is 19.3 Å². The van der Waals surface area contributed by atoms with Crippen LogP contribution in [0.1, 0.15) is 348 Å². The number of hydrogen-bond donors (Lipinski definition) is 0. The maximum absolute atomic E-state index is 13.0. The van der Waals surface area contributed by atoms with Gasteiger partial charge in [-0.3, -0.25) is 14.4 Å². The number of esters is 3. The average Bonchev–Trinajstić information content (AvgIpc) is 3.47. The number of ether oxygens (including phenoxy) is 3. The molecule has 0 aliphatic rings. The van der Waals surface area contributed by atoms with E-state index in [0.29, 0.717) is 19.3 Å². The maximum atomic E-state index is 13.0. The molecule has 0 radical (unpaired) electrons. The number of carbonyl (C=O) groups is 3. The molecule has 0 aromatic carbocycles. The molecule has 1 unspecified atom stereocenters. The third kappa shape index (κ3) is 67.1. The van der Waals surface area contributed by atoms with Crippen molar-refractivity contribution in [3.63, 3.8) is 0 Å². The van der Waals surface area contributed by atoms with E-state index < -0.39 is 6.10 Å². The summed E-state index contributed by atoms with van der Waals surface area (Å²) in [5.41, 5.74) is 0. The van der Waals surface area contributed by atoms with Crippen LogP contribution in [0.4, 0.5) is 0 Å². The molecular formula is C76H132O6. The van der Waals surface area contributed by atoms with Crippen molar-refractivity contribution in [3.8, 4) is 0 Å². The second-order valence-electron chi connectivity index (χ2n) is 23.4. The van der Waals surface area contributed by atoms with E-state index in [1.165, 1.54) is 180 Å². The first-order valence-corrected chi connectivity index (χ1v) is 35.2. The molecule has 0 heterocycles. The molecule has 0 saturated carbocycles. The van der Waals surface area contributed by atoms with Crippen LogP contribution in [0.2, 0.25) is 0 Å². The van der Waals surface area contributed by atoms with Crippen LogP contribution in [0, 0.1) is 0 Å². The second kappa shape index (κ2) is 69.8. The molecular weight excluding hydrogens is 1010 g/mol. The fourth-order valence-electron chi connectivity index (χ4n) is 10.1. The van der Waals surface area contributed by atoms with Gasteiger partial charge in [0.1, 0.15) is 13.2 Å². The van der Waals surface area contributed by atoms with Gasteiger partial charge in [-0.25, -0.2) is 0 Å². The molecule has 0 aliphatic carbocycles. The van der Waals surface area contributed by atoms with Crippen molar-refractivity contribution in [2.75, 3.05) is 13.2 Å². The summed E-state index contributed by atoms with van der Waals surface area (Å²) < 4.78 is 17.0. The average molecular weight is 1140 g/mol. The van der Waals surface area contributed by atoms with E-state index in [-0.39, 0.29) is 31.1 Å². The Balaban J connectivity index is 4.36. The molecule has 0 amide bonds. The highest BCUT2D eigenvalue weighted by Gasteiger charge is 2.19. The summed E-state index contributed by atoms with van der Waals surface area (Å²) in [4.78, 5) is 38.5. The Morgan fingerprint density at radius 1 is 0.256 bits per heavy atom. The van der Waals surface area contributed by atoms with Crippen molar-refractivity contribution >= 4 is 17.9 Å².